The summed E-state index contributed by atoms with van der Waals surface area (Å²) in [6.45, 7) is 3.76. The first kappa shape index (κ1) is 20.7. The van der Waals surface area contributed by atoms with Gasteiger partial charge < -0.3 is 34.6 Å². The van der Waals surface area contributed by atoms with E-state index in [0.29, 0.717) is 55.5 Å². The largest absolute Gasteiger partial charge is 0.497 e. The summed E-state index contributed by atoms with van der Waals surface area (Å²) in [5.74, 6) is 1.22. The highest BCUT2D eigenvalue weighted by atomic mass is 16.5. The van der Waals surface area contributed by atoms with Crippen molar-refractivity contribution in [1.82, 2.24) is 10.2 Å². The summed E-state index contributed by atoms with van der Waals surface area (Å²) in [6.07, 6.45) is 1.74. The number of benzene rings is 1. The molecule has 1 aromatic carbocycles. The van der Waals surface area contributed by atoms with Gasteiger partial charge in [0.05, 0.1) is 32.0 Å². The van der Waals surface area contributed by atoms with Crippen molar-refractivity contribution in [3.8, 4) is 17.2 Å². The summed E-state index contributed by atoms with van der Waals surface area (Å²) in [7, 11) is 1.54. The van der Waals surface area contributed by atoms with E-state index < -0.39 is 6.10 Å². The molecule has 0 unspecified atom stereocenters. The van der Waals surface area contributed by atoms with Gasteiger partial charge in [-0.3, -0.25) is 4.79 Å². The molecule has 0 saturated carbocycles. The van der Waals surface area contributed by atoms with Gasteiger partial charge in [0.25, 0.3) is 5.91 Å². The maximum absolute atomic E-state index is 12.8. The first-order valence-electron chi connectivity index (χ1n) is 9.89. The second-order valence-corrected chi connectivity index (χ2v) is 7.26. The monoisotopic (exact) mass is 394 g/mol. The lowest BCUT2D eigenvalue weighted by Gasteiger charge is -2.36. The van der Waals surface area contributed by atoms with Crippen LogP contribution in [0.15, 0.2) is 12.1 Å². The number of likely N-dealkylation sites (tertiary alicyclic amines) is 1. The average Bonchev–Trinajstić information content (AvgIpc) is 2.95. The molecule has 1 aromatic rings. The molecule has 0 aliphatic carbocycles. The molecule has 1 fully saturated rings. The van der Waals surface area contributed by atoms with Crippen molar-refractivity contribution in [2.75, 3.05) is 53.1 Å². The topological polar surface area (TPSA) is 100 Å². The Morgan fingerprint density at radius 2 is 2.18 bits per heavy atom. The number of piperidine rings is 1. The number of methoxy groups -OCH3 is 1. The number of carbonyl (C=O) groups excluding carboxylic acids is 1. The number of aliphatic hydroxyl groups excluding tert-OH is 2. The summed E-state index contributed by atoms with van der Waals surface area (Å²) in [5, 5.41) is 22.3. The van der Waals surface area contributed by atoms with Crippen molar-refractivity contribution in [3.63, 3.8) is 0 Å². The van der Waals surface area contributed by atoms with Crippen LogP contribution in [0.2, 0.25) is 0 Å². The lowest BCUT2D eigenvalue weighted by Crippen LogP contribution is -2.47. The third-order valence-electron chi connectivity index (χ3n) is 5.26. The first-order valence-corrected chi connectivity index (χ1v) is 9.89. The number of nitrogens with one attached hydrogen (secondary N) is 1. The molecule has 0 aromatic heterocycles. The molecule has 2 aliphatic heterocycles. The fraction of sp³-hybridized carbons (Fsp3) is 0.650. The number of ether oxygens (including phenoxy) is 3. The van der Waals surface area contributed by atoms with Gasteiger partial charge in [0.2, 0.25) is 0 Å². The van der Waals surface area contributed by atoms with Gasteiger partial charge >= 0.3 is 0 Å². The smallest absolute Gasteiger partial charge is 0.255 e. The number of aliphatic hydroxyl groups is 2. The predicted molar refractivity (Wildman–Crippen MR) is 103 cm³/mol. The zero-order valence-corrected chi connectivity index (χ0v) is 16.4. The molecule has 0 radical (unpaired) electrons. The Balaban J connectivity index is 1.62. The first-order chi connectivity index (χ1) is 13.6. The fourth-order valence-corrected chi connectivity index (χ4v) is 3.64. The van der Waals surface area contributed by atoms with E-state index in [1.165, 1.54) is 0 Å². The van der Waals surface area contributed by atoms with E-state index in [1.807, 2.05) is 0 Å². The molecular weight excluding hydrogens is 364 g/mol. The Bertz CT molecular complexity index is 668. The molecular formula is C20H30N2O6. The SMILES string of the molecule is COc1cc2c(c(C(=O)NC[C@@H]3CCN(CCCO)C[C@H]3O)c1)OCCCO2. The Hall–Kier alpha value is -2.03. The van der Waals surface area contributed by atoms with Crippen LogP contribution in [-0.4, -0.2) is 80.2 Å². The average molecular weight is 394 g/mol. The van der Waals surface area contributed by atoms with E-state index in [-0.39, 0.29) is 18.4 Å². The molecule has 1 amide bonds. The van der Waals surface area contributed by atoms with Crippen LogP contribution in [0.25, 0.3) is 0 Å². The zero-order chi connectivity index (χ0) is 19.9. The maximum Gasteiger partial charge on any atom is 0.255 e. The van der Waals surface area contributed by atoms with Crippen molar-refractivity contribution in [3.05, 3.63) is 17.7 Å². The summed E-state index contributed by atoms with van der Waals surface area (Å²) in [6, 6.07) is 3.38. The molecule has 3 rings (SSSR count). The van der Waals surface area contributed by atoms with Gasteiger partial charge in [0.15, 0.2) is 11.5 Å². The van der Waals surface area contributed by atoms with E-state index in [2.05, 4.69) is 10.2 Å². The highest BCUT2D eigenvalue weighted by molar-refractivity contribution is 5.98. The van der Waals surface area contributed by atoms with E-state index in [0.717, 1.165) is 25.9 Å². The Labute approximate surface area is 165 Å². The Morgan fingerprint density at radius 3 is 2.93 bits per heavy atom. The molecule has 2 heterocycles. The van der Waals surface area contributed by atoms with Crippen LogP contribution in [-0.2, 0) is 0 Å². The van der Waals surface area contributed by atoms with Crippen LogP contribution < -0.4 is 19.5 Å². The van der Waals surface area contributed by atoms with Gasteiger partial charge in [-0.2, -0.15) is 0 Å². The molecule has 28 heavy (non-hydrogen) atoms. The van der Waals surface area contributed by atoms with Gasteiger partial charge in [0, 0.05) is 44.6 Å². The fourth-order valence-electron chi connectivity index (χ4n) is 3.64. The van der Waals surface area contributed by atoms with Crippen LogP contribution in [0.5, 0.6) is 17.2 Å². The van der Waals surface area contributed by atoms with Crippen LogP contribution in [0.3, 0.4) is 0 Å². The second-order valence-electron chi connectivity index (χ2n) is 7.26. The third kappa shape index (κ3) is 5.06. The minimum atomic E-state index is -0.505. The van der Waals surface area contributed by atoms with E-state index in [1.54, 1.807) is 19.2 Å². The normalized spacial score (nSPS) is 22.4. The van der Waals surface area contributed by atoms with Gasteiger partial charge in [-0.05, 0) is 25.5 Å². The van der Waals surface area contributed by atoms with Gasteiger partial charge in [-0.15, -0.1) is 0 Å². The van der Waals surface area contributed by atoms with Crippen molar-refractivity contribution in [2.24, 2.45) is 5.92 Å². The van der Waals surface area contributed by atoms with Crippen LogP contribution in [0.1, 0.15) is 29.6 Å². The third-order valence-corrected chi connectivity index (χ3v) is 5.26. The Kier molecular flexibility index (Phi) is 7.36. The minimum absolute atomic E-state index is 0.00398. The number of rotatable bonds is 7. The lowest BCUT2D eigenvalue weighted by molar-refractivity contribution is 0.0201. The van der Waals surface area contributed by atoms with Crippen LogP contribution in [0.4, 0.5) is 0 Å². The molecule has 2 atom stereocenters. The standard InChI is InChI=1S/C20H30N2O6/c1-26-15-10-16(19-18(11-15)27-8-3-9-28-19)20(25)21-12-14-4-6-22(5-2-7-23)13-17(14)24/h10-11,14,17,23-24H,2-9,12-13H2,1H3,(H,21,25)/t14-,17+/m0/s1. The Morgan fingerprint density at radius 1 is 1.36 bits per heavy atom. The second kappa shape index (κ2) is 9.95. The predicted octanol–water partition coefficient (Wildman–Crippen LogP) is 0.652. The summed E-state index contributed by atoms with van der Waals surface area (Å²) in [4.78, 5) is 15.0. The summed E-state index contributed by atoms with van der Waals surface area (Å²) >= 11 is 0. The number of β-amino-alcohol motifs (C(OH)–C–C–N with tert-alkyl or cyclic N) is 1. The summed E-state index contributed by atoms with van der Waals surface area (Å²) < 4.78 is 16.7. The number of nitrogens with zero attached hydrogens (tertiary/aromatic N) is 1. The minimum Gasteiger partial charge on any atom is -0.497 e. The zero-order valence-electron chi connectivity index (χ0n) is 16.4. The molecule has 0 bridgehead atoms. The van der Waals surface area contributed by atoms with E-state index in [9.17, 15) is 9.90 Å². The molecule has 2 aliphatic rings. The van der Waals surface area contributed by atoms with Crippen LogP contribution >= 0.6 is 0 Å². The van der Waals surface area contributed by atoms with Gasteiger partial charge in [0.1, 0.15) is 5.75 Å². The van der Waals surface area contributed by atoms with Crippen LogP contribution in [0, 0.1) is 5.92 Å². The molecule has 1 saturated heterocycles. The van der Waals surface area contributed by atoms with E-state index >= 15 is 0 Å². The van der Waals surface area contributed by atoms with E-state index in [4.69, 9.17) is 19.3 Å². The highest BCUT2D eigenvalue weighted by Crippen LogP contribution is 2.37. The highest BCUT2D eigenvalue weighted by Gasteiger charge is 2.28. The number of fused-ring (bicyclic) bond motifs is 1. The maximum atomic E-state index is 12.8. The number of hydrogen-bond acceptors (Lipinski definition) is 7. The van der Waals surface area contributed by atoms with Crippen molar-refractivity contribution < 1.29 is 29.2 Å². The van der Waals surface area contributed by atoms with Crippen molar-refractivity contribution >= 4 is 5.91 Å². The number of amides is 1. The summed E-state index contributed by atoms with van der Waals surface area (Å²) in [5.41, 5.74) is 0.381. The quantitative estimate of drug-likeness (QED) is 0.624. The van der Waals surface area contributed by atoms with Gasteiger partial charge in [-0.1, -0.05) is 0 Å². The van der Waals surface area contributed by atoms with Gasteiger partial charge in [-0.25, -0.2) is 0 Å². The molecule has 3 N–H and O–H groups in total. The molecule has 0 spiro atoms. The molecule has 156 valence electrons. The molecule has 8 heteroatoms. The lowest BCUT2D eigenvalue weighted by atomic mass is 9.93. The number of hydrogen-bond donors (Lipinski definition) is 3. The van der Waals surface area contributed by atoms with Crippen molar-refractivity contribution in [1.29, 1.82) is 0 Å². The number of carbonyl (C=O) groups is 1. The van der Waals surface area contributed by atoms with Crippen molar-refractivity contribution in [2.45, 2.75) is 25.4 Å². The molecule has 8 nitrogen and oxygen atoms in total.